The lowest BCUT2D eigenvalue weighted by atomic mass is 10.2. The number of aliphatic hydroxyl groups is 1. The van der Waals surface area contributed by atoms with E-state index in [1.807, 2.05) is 5.32 Å². The lowest BCUT2D eigenvalue weighted by molar-refractivity contribution is -0.139. The molecule has 1 aliphatic heterocycles. The Bertz CT molecular complexity index is 160. The summed E-state index contributed by atoms with van der Waals surface area (Å²) in [6, 6.07) is -0.775. The summed E-state index contributed by atoms with van der Waals surface area (Å²) in [5.41, 5.74) is 0. The maximum absolute atomic E-state index is 12.3. The molecule has 5 heteroatoms. The number of aliphatic hydroxyl groups excluding tert-OH is 1. The summed E-state index contributed by atoms with van der Waals surface area (Å²) < 4.78 is 24.5. The van der Waals surface area contributed by atoms with Gasteiger partial charge in [0, 0.05) is 6.42 Å². The summed E-state index contributed by atoms with van der Waals surface area (Å²) in [6.45, 7) is -0.429. The molecule has 0 saturated carbocycles. The van der Waals surface area contributed by atoms with Gasteiger partial charge in [-0.05, 0) is 0 Å². The molecule has 1 atom stereocenters. The van der Waals surface area contributed by atoms with Gasteiger partial charge in [0.05, 0.1) is 12.6 Å². The fourth-order valence-corrected chi connectivity index (χ4v) is 0.854. The quantitative estimate of drug-likeness (QED) is 0.531. The number of carbonyl (C=O) groups is 1. The van der Waals surface area contributed by atoms with Crippen LogP contribution in [0.25, 0.3) is 0 Å². The topological polar surface area (TPSA) is 49.3 Å². The van der Waals surface area contributed by atoms with Gasteiger partial charge < -0.3 is 10.4 Å². The van der Waals surface area contributed by atoms with Gasteiger partial charge in [-0.15, -0.1) is 0 Å². The summed E-state index contributed by atoms with van der Waals surface area (Å²) in [5.74, 6) is -4.57. The lowest BCUT2D eigenvalue weighted by Gasteiger charge is -2.02. The fourth-order valence-electron chi connectivity index (χ4n) is 0.854. The molecule has 58 valence electrons. The van der Waals surface area contributed by atoms with Crippen molar-refractivity contribution in [2.24, 2.45) is 0 Å². The molecule has 1 heterocycles. The number of carbonyl (C=O) groups excluding carboxylic acids is 1. The molecule has 1 amide bonds. The third-order valence-corrected chi connectivity index (χ3v) is 1.39. The van der Waals surface area contributed by atoms with Crippen LogP contribution in [0, 0.1) is 0 Å². The number of amides is 1. The Morgan fingerprint density at radius 3 is 2.60 bits per heavy atom. The van der Waals surface area contributed by atoms with Crippen molar-refractivity contribution in [2.45, 2.75) is 18.4 Å². The van der Waals surface area contributed by atoms with Gasteiger partial charge in [0.2, 0.25) is 0 Å². The second-order valence-electron chi connectivity index (χ2n) is 2.26. The molecule has 0 spiro atoms. The minimum Gasteiger partial charge on any atom is -0.394 e. The van der Waals surface area contributed by atoms with E-state index in [2.05, 4.69) is 0 Å². The zero-order valence-electron chi connectivity index (χ0n) is 5.10. The van der Waals surface area contributed by atoms with Crippen LogP contribution in [-0.4, -0.2) is 29.6 Å². The van der Waals surface area contributed by atoms with Crippen LogP contribution in [0.4, 0.5) is 8.78 Å². The monoisotopic (exact) mass is 151 g/mol. The standard InChI is InChI=1S/C5H7F2NO2/c6-5(7)1-3(2-9)8-4(5)10/h3,9H,1-2H2,(H,8,10)/t3-/m0/s1. The van der Waals surface area contributed by atoms with Crippen LogP contribution in [-0.2, 0) is 4.79 Å². The third-order valence-electron chi connectivity index (χ3n) is 1.39. The molecule has 0 unspecified atom stereocenters. The smallest absolute Gasteiger partial charge is 0.326 e. The van der Waals surface area contributed by atoms with E-state index in [1.165, 1.54) is 0 Å². The molecule has 10 heavy (non-hydrogen) atoms. The fraction of sp³-hybridized carbons (Fsp3) is 0.800. The molecule has 1 aliphatic rings. The first-order chi connectivity index (χ1) is 4.56. The number of hydrogen-bond donors (Lipinski definition) is 2. The van der Waals surface area contributed by atoms with Crippen molar-refractivity contribution in [2.75, 3.05) is 6.61 Å². The molecule has 2 N–H and O–H groups in total. The first-order valence-electron chi connectivity index (χ1n) is 2.86. The Labute approximate surface area is 56.0 Å². The molecule has 0 aromatic carbocycles. The van der Waals surface area contributed by atoms with Crippen LogP contribution in [0.1, 0.15) is 6.42 Å². The molecule has 3 nitrogen and oxygen atoms in total. The van der Waals surface area contributed by atoms with Crippen LogP contribution < -0.4 is 5.32 Å². The van der Waals surface area contributed by atoms with Gasteiger partial charge in [-0.2, -0.15) is 8.78 Å². The van der Waals surface area contributed by atoms with Crippen LogP contribution in [0.3, 0.4) is 0 Å². The maximum atomic E-state index is 12.3. The predicted molar refractivity (Wildman–Crippen MR) is 28.6 cm³/mol. The summed E-state index contributed by atoms with van der Waals surface area (Å²) >= 11 is 0. The van der Waals surface area contributed by atoms with Gasteiger partial charge in [-0.1, -0.05) is 0 Å². The van der Waals surface area contributed by atoms with Crippen molar-refractivity contribution in [3.8, 4) is 0 Å². The third kappa shape index (κ3) is 1.09. The number of hydrogen-bond acceptors (Lipinski definition) is 2. The molecule has 1 rings (SSSR count). The Balaban J connectivity index is 2.62. The minimum atomic E-state index is -3.28. The Kier molecular flexibility index (Phi) is 1.60. The summed E-state index contributed by atoms with van der Waals surface area (Å²) in [4.78, 5) is 10.3. The molecular weight excluding hydrogens is 144 g/mol. The second kappa shape index (κ2) is 2.16. The van der Waals surface area contributed by atoms with Crippen LogP contribution >= 0.6 is 0 Å². The maximum Gasteiger partial charge on any atom is 0.326 e. The highest BCUT2D eigenvalue weighted by atomic mass is 19.3. The lowest BCUT2D eigenvalue weighted by Crippen LogP contribution is -2.31. The average molecular weight is 151 g/mol. The molecule has 0 bridgehead atoms. The van der Waals surface area contributed by atoms with Gasteiger partial charge in [0.25, 0.3) is 5.91 Å². The first kappa shape index (κ1) is 7.40. The van der Waals surface area contributed by atoms with E-state index in [-0.39, 0.29) is 0 Å². The van der Waals surface area contributed by atoms with Gasteiger partial charge in [0.15, 0.2) is 0 Å². The Morgan fingerprint density at radius 2 is 2.40 bits per heavy atom. The van der Waals surface area contributed by atoms with Crippen molar-refractivity contribution in [1.29, 1.82) is 0 Å². The van der Waals surface area contributed by atoms with Crippen molar-refractivity contribution in [3.05, 3.63) is 0 Å². The van der Waals surface area contributed by atoms with E-state index in [4.69, 9.17) is 5.11 Å². The molecule has 0 aromatic rings. The normalized spacial score (nSPS) is 30.3. The van der Waals surface area contributed by atoms with Crippen LogP contribution in [0.2, 0.25) is 0 Å². The molecule has 1 saturated heterocycles. The highest BCUT2D eigenvalue weighted by Crippen LogP contribution is 2.25. The van der Waals surface area contributed by atoms with E-state index >= 15 is 0 Å². The summed E-state index contributed by atoms with van der Waals surface area (Å²) in [6.07, 6.45) is -0.595. The van der Waals surface area contributed by atoms with Crippen molar-refractivity contribution < 1.29 is 18.7 Å². The minimum absolute atomic E-state index is 0.429. The number of halogens is 2. The second-order valence-corrected chi connectivity index (χ2v) is 2.26. The van der Waals surface area contributed by atoms with Gasteiger partial charge in [0.1, 0.15) is 0 Å². The van der Waals surface area contributed by atoms with Crippen molar-refractivity contribution >= 4 is 5.91 Å². The first-order valence-corrected chi connectivity index (χ1v) is 2.86. The van der Waals surface area contributed by atoms with Gasteiger partial charge in [-0.3, -0.25) is 4.79 Å². The van der Waals surface area contributed by atoms with E-state index in [9.17, 15) is 13.6 Å². The van der Waals surface area contributed by atoms with E-state index < -0.39 is 30.9 Å². The molecule has 1 fully saturated rings. The summed E-state index contributed by atoms with van der Waals surface area (Å²) in [5, 5.41) is 10.3. The SMILES string of the molecule is O=C1N[C@H](CO)CC1(F)F. The molecule has 0 aromatic heterocycles. The zero-order valence-corrected chi connectivity index (χ0v) is 5.10. The number of alkyl halides is 2. The van der Waals surface area contributed by atoms with Crippen LogP contribution in [0.5, 0.6) is 0 Å². The predicted octanol–water partition coefficient (Wildman–Crippen LogP) is -0.498. The molecule has 0 aliphatic carbocycles. The average Bonchev–Trinajstić information content (AvgIpc) is 2.08. The van der Waals surface area contributed by atoms with Crippen molar-refractivity contribution in [3.63, 3.8) is 0 Å². The number of nitrogens with one attached hydrogen (secondary N) is 1. The molecule has 0 radical (unpaired) electrons. The number of rotatable bonds is 1. The Morgan fingerprint density at radius 1 is 1.80 bits per heavy atom. The summed E-state index contributed by atoms with van der Waals surface area (Å²) in [7, 11) is 0. The van der Waals surface area contributed by atoms with E-state index in [1.54, 1.807) is 0 Å². The molecular formula is C5H7F2NO2. The zero-order chi connectivity index (χ0) is 7.78. The highest BCUT2D eigenvalue weighted by Gasteiger charge is 2.47. The van der Waals surface area contributed by atoms with Crippen molar-refractivity contribution in [1.82, 2.24) is 5.32 Å². The largest absolute Gasteiger partial charge is 0.394 e. The van der Waals surface area contributed by atoms with E-state index in [0.29, 0.717) is 0 Å². The van der Waals surface area contributed by atoms with Gasteiger partial charge in [-0.25, -0.2) is 0 Å². The van der Waals surface area contributed by atoms with Gasteiger partial charge >= 0.3 is 5.92 Å². The van der Waals surface area contributed by atoms with Crippen LogP contribution in [0.15, 0.2) is 0 Å². The highest BCUT2D eigenvalue weighted by molar-refractivity contribution is 5.85. The van der Waals surface area contributed by atoms with E-state index in [0.717, 1.165) is 0 Å². The Hall–Kier alpha value is -0.710.